The van der Waals surface area contributed by atoms with Crippen LogP contribution in [0.15, 0.2) is 61.4 Å². The molecule has 14 nitrogen and oxygen atoms in total. The summed E-state index contributed by atoms with van der Waals surface area (Å²) < 4.78 is 14.1. The number of aliphatic hydroxyl groups excluding tert-OH is 2. The monoisotopic (exact) mass is 612 g/mol. The van der Waals surface area contributed by atoms with Crippen molar-refractivity contribution in [2.75, 3.05) is 6.61 Å². The molecule has 2 amide bonds. The molecule has 0 spiro atoms. The van der Waals surface area contributed by atoms with E-state index in [-0.39, 0.29) is 13.0 Å². The number of aromatic nitrogens is 4. The number of amides is 2. The van der Waals surface area contributed by atoms with E-state index in [1.807, 2.05) is 28.9 Å². The number of aliphatic hydroxyl groups is 2. The Hall–Kier alpha value is -4.24. The summed E-state index contributed by atoms with van der Waals surface area (Å²) in [5, 5.41) is 30.8. The van der Waals surface area contributed by atoms with Gasteiger partial charge >= 0.3 is 12.2 Å². The van der Waals surface area contributed by atoms with Gasteiger partial charge in [-0.3, -0.25) is 5.21 Å². The van der Waals surface area contributed by atoms with Gasteiger partial charge in [0.05, 0.1) is 12.1 Å². The Morgan fingerprint density at radius 3 is 2.16 bits per heavy atom. The van der Waals surface area contributed by atoms with Gasteiger partial charge in [0.25, 0.3) is 0 Å². The number of pyridine rings is 2. The number of fused-ring (bicyclic) bond motifs is 2. The summed E-state index contributed by atoms with van der Waals surface area (Å²) in [7, 11) is 0. The summed E-state index contributed by atoms with van der Waals surface area (Å²) in [6.45, 7) is 10.3. The molecule has 4 aromatic heterocycles. The minimum atomic E-state index is -1.03. The number of hydroxylamine groups is 4. The molecule has 1 aliphatic rings. The molecule has 0 aliphatic carbocycles. The molecule has 44 heavy (non-hydrogen) atoms. The molecule has 0 aromatic carbocycles. The second-order valence-electron chi connectivity index (χ2n) is 12.3. The van der Waals surface area contributed by atoms with Crippen LogP contribution in [0, 0.1) is 0 Å². The number of nitrogens with zero attached hydrogens (tertiary/aromatic N) is 6. The lowest BCUT2D eigenvalue weighted by Gasteiger charge is -2.28. The van der Waals surface area contributed by atoms with Crippen LogP contribution in [-0.2, 0) is 14.3 Å². The molecule has 4 aromatic rings. The number of carbonyl (C=O) groups is 2. The second kappa shape index (κ2) is 13.2. The van der Waals surface area contributed by atoms with Crippen molar-refractivity contribution < 1.29 is 39.3 Å². The molecule has 238 valence electrons. The van der Waals surface area contributed by atoms with E-state index in [9.17, 15) is 25.0 Å². The molecule has 3 atom stereocenters. The predicted octanol–water partition coefficient (Wildman–Crippen LogP) is 4.65. The SMILES string of the molecule is CC(C)(C)OC(=O)N(O)C(CCO)c1ccc2nccn2c1.CC(C)(C)OC(=O)N1OC(O)CC1c1ccc2nccn2c1. The highest BCUT2D eigenvalue weighted by Crippen LogP contribution is 2.34. The third-order valence-corrected chi connectivity index (χ3v) is 6.39. The molecule has 1 saturated heterocycles. The van der Waals surface area contributed by atoms with Crippen molar-refractivity contribution >= 4 is 23.5 Å². The zero-order chi connectivity index (χ0) is 32.2. The lowest BCUT2D eigenvalue weighted by atomic mass is 10.1. The number of ether oxygens (including phenoxy) is 2. The summed E-state index contributed by atoms with van der Waals surface area (Å²) in [4.78, 5) is 37.8. The van der Waals surface area contributed by atoms with Gasteiger partial charge in [0.1, 0.15) is 22.5 Å². The maximum absolute atomic E-state index is 12.3. The average Bonchev–Trinajstić information content (AvgIpc) is 3.68. The van der Waals surface area contributed by atoms with Crippen LogP contribution in [0.4, 0.5) is 9.59 Å². The Balaban J connectivity index is 0.000000201. The Morgan fingerprint density at radius 1 is 0.977 bits per heavy atom. The number of imidazole rings is 2. The van der Waals surface area contributed by atoms with Crippen molar-refractivity contribution in [3.63, 3.8) is 0 Å². The minimum Gasteiger partial charge on any atom is -0.442 e. The maximum Gasteiger partial charge on any atom is 0.435 e. The first kappa shape index (κ1) is 32.7. The van der Waals surface area contributed by atoms with E-state index in [1.165, 1.54) is 0 Å². The van der Waals surface area contributed by atoms with E-state index in [1.54, 1.807) is 82.9 Å². The van der Waals surface area contributed by atoms with Gasteiger partial charge in [-0.05, 0) is 71.2 Å². The predicted molar refractivity (Wildman–Crippen MR) is 157 cm³/mol. The van der Waals surface area contributed by atoms with Gasteiger partial charge in [0.15, 0.2) is 6.29 Å². The minimum absolute atomic E-state index is 0.174. The van der Waals surface area contributed by atoms with Crippen molar-refractivity contribution in [1.82, 2.24) is 28.9 Å². The van der Waals surface area contributed by atoms with Gasteiger partial charge in [-0.1, -0.05) is 12.1 Å². The second-order valence-corrected chi connectivity index (χ2v) is 12.3. The Morgan fingerprint density at radius 2 is 1.57 bits per heavy atom. The summed E-state index contributed by atoms with van der Waals surface area (Å²) in [6, 6.07) is 6.15. The molecular formula is C30H40N6O8. The number of hydrogen-bond donors (Lipinski definition) is 3. The van der Waals surface area contributed by atoms with E-state index in [0.717, 1.165) is 21.9 Å². The Bertz CT molecular complexity index is 1500. The van der Waals surface area contributed by atoms with Crippen LogP contribution >= 0.6 is 0 Å². The Labute approximate surface area is 254 Å². The fourth-order valence-electron chi connectivity index (χ4n) is 4.54. The zero-order valence-electron chi connectivity index (χ0n) is 25.7. The molecule has 3 N–H and O–H groups in total. The van der Waals surface area contributed by atoms with Gasteiger partial charge in [0.2, 0.25) is 0 Å². The third kappa shape index (κ3) is 8.23. The van der Waals surface area contributed by atoms with Crippen LogP contribution in [0.5, 0.6) is 0 Å². The first-order valence-corrected chi connectivity index (χ1v) is 14.2. The summed E-state index contributed by atoms with van der Waals surface area (Å²) in [5.41, 5.74) is 1.74. The molecule has 1 aliphatic heterocycles. The third-order valence-electron chi connectivity index (χ3n) is 6.39. The van der Waals surface area contributed by atoms with Gasteiger partial charge in [-0.15, -0.1) is 0 Å². The topological polar surface area (TPSA) is 164 Å². The van der Waals surface area contributed by atoms with Crippen LogP contribution in [-0.4, -0.2) is 80.6 Å². The van der Waals surface area contributed by atoms with Crippen molar-refractivity contribution in [2.45, 2.75) is 84.0 Å². The molecule has 0 bridgehead atoms. The molecule has 1 fully saturated rings. The van der Waals surface area contributed by atoms with E-state index >= 15 is 0 Å². The van der Waals surface area contributed by atoms with E-state index in [0.29, 0.717) is 17.0 Å². The first-order valence-electron chi connectivity index (χ1n) is 14.2. The summed E-state index contributed by atoms with van der Waals surface area (Å²) >= 11 is 0. The quantitative estimate of drug-likeness (QED) is 0.213. The fourth-order valence-corrected chi connectivity index (χ4v) is 4.54. The highest BCUT2D eigenvalue weighted by molar-refractivity contribution is 5.68. The van der Waals surface area contributed by atoms with Crippen LogP contribution in [0.1, 0.15) is 77.6 Å². The van der Waals surface area contributed by atoms with Crippen LogP contribution < -0.4 is 0 Å². The number of rotatable bonds is 5. The molecule has 3 unspecified atom stereocenters. The molecular weight excluding hydrogens is 572 g/mol. The van der Waals surface area contributed by atoms with Crippen molar-refractivity contribution in [2.24, 2.45) is 0 Å². The van der Waals surface area contributed by atoms with Gasteiger partial charge < -0.3 is 28.5 Å². The van der Waals surface area contributed by atoms with Gasteiger partial charge in [-0.2, -0.15) is 10.1 Å². The van der Waals surface area contributed by atoms with Crippen molar-refractivity contribution in [3.8, 4) is 0 Å². The normalized spacial score (nSPS) is 17.7. The fraction of sp³-hybridized carbons (Fsp3) is 0.467. The average molecular weight is 613 g/mol. The van der Waals surface area contributed by atoms with Crippen molar-refractivity contribution in [1.29, 1.82) is 0 Å². The molecule has 14 heteroatoms. The highest BCUT2D eigenvalue weighted by Gasteiger charge is 2.39. The Kier molecular flexibility index (Phi) is 9.78. The standard InChI is InChI=1S/C15H19N3O4.C15H21N3O4/c1-15(2,3)21-14(20)18-11(8-13(19)22-18)10-4-5-12-16-6-7-17(12)9-10;1-15(2,3)22-14(20)18(21)12(6-9-19)11-4-5-13-16-7-8-17(13)10-11/h4-7,9,11,13,19H,8H2,1-3H3;4-5,7-8,10,12,19,21H,6,9H2,1-3H3. The van der Waals surface area contributed by atoms with Crippen LogP contribution in [0.3, 0.4) is 0 Å². The van der Waals surface area contributed by atoms with E-state index < -0.39 is 41.8 Å². The highest BCUT2D eigenvalue weighted by atomic mass is 16.8. The molecule has 0 radical (unpaired) electrons. The van der Waals surface area contributed by atoms with Gasteiger partial charge in [-0.25, -0.2) is 24.4 Å². The van der Waals surface area contributed by atoms with Crippen LogP contribution in [0.2, 0.25) is 0 Å². The smallest absolute Gasteiger partial charge is 0.435 e. The van der Waals surface area contributed by atoms with Crippen molar-refractivity contribution in [3.05, 3.63) is 72.6 Å². The zero-order valence-corrected chi connectivity index (χ0v) is 25.7. The lowest BCUT2D eigenvalue weighted by molar-refractivity contribution is -0.207. The van der Waals surface area contributed by atoms with Crippen LogP contribution in [0.25, 0.3) is 11.3 Å². The largest absolute Gasteiger partial charge is 0.442 e. The summed E-state index contributed by atoms with van der Waals surface area (Å²) in [5.74, 6) is 0. The van der Waals surface area contributed by atoms with E-state index in [4.69, 9.17) is 14.3 Å². The molecule has 5 rings (SSSR count). The number of hydrogen-bond acceptors (Lipinski definition) is 10. The summed E-state index contributed by atoms with van der Waals surface area (Å²) in [6.07, 6.45) is 8.56. The maximum atomic E-state index is 12.3. The van der Waals surface area contributed by atoms with Gasteiger partial charge in [0, 0.05) is 50.2 Å². The lowest BCUT2D eigenvalue weighted by Crippen LogP contribution is -2.37. The first-order chi connectivity index (χ1) is 20.6. The molecule has 5 heterocycles. The van der Waals surface area contributed by atoms with E-state index in [2.05, 4.69) is 9.97 Å². The molecule has 0 saturated carbocycles. The number of carbonyl (C=O) groups excluding carboxylic acids is 2.